The number of thioether (sulfide) groups is 1. The highest BCUT2D eigenvalue weighted by molar-refractivity contribution is 7.98. The lowest BCUT2D eigenvalue weighted by atomic mass is 9.89. The Morgan fingerprint density at radius 1 is 0.523 bits per heavy atom. The van der Waals surface area contributed by atoms with Crippen LogP contribution < -0.4 is 31.9 Å². The highest BCUT2D eigenvalue weighted by atomic mass is 32.2. The molecule has 0 saturated carbocycles. The minimum Gasteiger partial charge on any atom is -0.481 e. The first kappa shape index (κ1) is 78.3. The molecule has 0 aromatic rings. The highest BCUT2D eigenvalue weighted by Crippen LogP contribution is 2.22. The second kappa shape index (κ2) is 41.5. The zero-order valence-electron chi connectivity index (χ0n) is 50.7. The number of likely N-dealkylation sites (tertiary alicyclic amines) is 1. The number of nitrogens with zero attached hydrogens (tertiary/aromatic N) is 1. The number of ether oxygens (including phenoxy) is 1. The fourth-order valence-electron chi connectivity index (χ4n) is 9.54. The van der Waals surface area contributed by atoms with Crippen LogP contribution in [-0.2, 0) is 86.2 Å². The van der Waals surface area contributed by atoms with Crippen molar-refractivity contribution in [1.29, 1.82) is 0 Å². The molecule has 0 aromatic heterocycles. The van der Waals surface area contributed by atoms with Gasteiger partial charge in [0, 0.05) is 121 Å². The van der Waals surface area contributed by atoms with Gasteiger partial charge in [-0.25, -0.2) is 0 Å². The first-order valence-electron chi connectivity index (χ1n) is 29.1. The number of ketones is 5. The Hall–Kier alpha value is -7.70. The molecule has 494 valence electrons. The lowest BCUT2D eigenvalue weighted by Crippen LogP contribution is -2.52. The van der Waals surface area contributed by atoms with Gasteiger partial charge >= 0.3 is 29.8 Å². The summed E-state index contributed by atoms with van der Waals surface area (Å²) >= 11 is 1.31. The lowest BCUT2D eigenvalue weighted by Gasteiger charge is -2.27. The number of nitrogens with one attached hydrogen (secondary N) is 6. The van der Waals surface area contributed by atoms with Crippen molar-refractivity contribution in [3.8, 4) is 0 Å². The largest absolute Gasteiger partial charge is 0.481 e. The van der Waals surface area contributed by atoms with E-state index in [4.69, 9.17) is 9.84 Å². The summed E-state index contributed by atoms with van der Waals surface area (Å²) in [6.45, 7) is 5.68. The molecule has 88 heavy (non-hydrogen) atoms. The van der Waals surface area contributed by atoms with Crippen LogP contribution in [0.15, 0.2) is 0 Å². The third-order valence-corrected chi connectivity index (χ3v) is 14.9. The molecule has 1 heterocycles. The molecule has 30 nitrogen and oxygen atoms in total. The Morgan fingerprint density at radius 2 is 0.977 bits per heavy atom. The number of amides is 7. The van der Waals surface area contributed by atoms with E-state index in [9.17, 15) is 102 Å². The van der Waals surface area contributed by atoms with Crippen molar-refractivity contribution < 1.29 is 112 Å². The van der Waals surface area contributed by atoms with E-state index in [0.29, 0.717) is 6.42 Å². The Balaban J connectivity index is 3.14. The van der Waals surface area contributed by atoms with Gasteiger partial charge in [0.15, 0.2) is 28.9 Å². The molecule has 0 radical (unpaired) electrons. The van der Waals surface area contributed by atoms with Crippen LogP contribution in [0.1, 0.15) is 156 Å². The fraction of sp³-hybridized carbons (Fsp3) is 0.702. The SMILES string of the molecule is CNC(=O)[C@H](C)CC(=O)[C@H](CSC)NC(=O)CCC(=O)[C@H](CC(C)C)NC(=O)[C@@H]1CCCN1C(=O)COCCCC(=O)[C@@H](CCC(=O)O)NC(=O)[C@@H](CCC(=O)O)CC(=O)[C@@H](CCC(=O)O)NC(=O)[C@@H](CCC(=O)O)CC(=O)[C@@H](CCC(=O)O)NC(C)=O. The van der Waals surface area contributed by atoms with E-state index in [1.165, 1.54) is 23.7 Å². The third-order valence-electron chi connectivity index (χ3n) is 14.2. The number of carbonyl (C=O) groups excluding carboxylic acids is 12. The summed E-state index contributed by atoms with van der Waals surface area (Å²) in [5, 5.41) is 61.8. The quantitative estimate of drug-likeness (QED) is 0.0366. The molecule has 0 bridgehead atoms. The van der Waals surface area contributed by atoms with Gasteiger partial charge in [-0.3, -0.25) is 81.5 Å². The topological polar surface area (TPSA) is 476 Å². The van der Waals surface area contributed by atoms with Crippen LogP contribution >= 0.6 is 11.8 Å². The average Bonchev–Trinajstić information content (AvgIpc) is 2.19. The summed E-state index contributed by atoms with van der Waals surface area (Å²) in [6.07, 6.45) is -6.11. The Morgan fingerprint density at radius 3 is 1.43 bits per heavy atom. The number of rotatable bonds is 48. The molecule has 31 heteroatoms. The van der Waals surface area contributed by atoms with E-state index in [2.05, 4.69) is 31.9 Å². The predicted octanol–water partition coefficient (Wildman–Crippen LogP) is 0.362. The maximum Gasteiger partial charge on any atom is 0.303 e. The molecule has 0 aliphatic carbocycles. The molecule has 0 unspecified atom stereocenters. The summed E-state index contributed by atoms with van der Waals surface area (Å²) < 4.78 is 5.56. The number of Topliss-reactive ketones (excluding diaryl/α,β-unsaturated/α-hetero) is 5. The number of hydrogen-bond donors (Lipinski definition) is 11. The molecule has 1 aliphatic heterocycles. The van der Waals surface area contributed by atoms with Crippen LogP contribution in [0.5, 0.6) is 0 Å². The van der Waals surface area contributed by atoms with Crippen molar-refractivity contribution in [3.05, 3.63) is 0 Å². The number of carboxylic acids is 5. The summed E-state index contributed by atoms with van der Waals surface area (Å²) in [7, 11) is 1.45. The zero-order chi connectivity index (χ0) is 66.8. The van der Waals surface area contributed by atoms with E-state index < -0.39 is 226 Å². The van der Waals surface area contributed by atoms with Gasteiger partial charge in [0.25, 0.3) is 0 Å². The maximum absolute atomic E-state index is 14.0. The van der Waals surface area contributed by atoms with E-state index >= 15 is 0 Å². The highest BCUT2D eigenvalue weighted by Gasteiger charge is 2.38. The molecule has 7 amide bonds. The molecule has 1 fully saturated rings. The summed E-state index contributed by atoms with van der Waals surface area (Å²) in [5.74, 6) is -19.0. The van der Waals surface area contributed by atoms with Crippen molar-refractivity contribution >= 4 is 112 Å². The number of carboxylic acid groups (broad SMARTS) is 5. The minimum atomic E-state index is -1.74. The van der Waals surface area contributed by atoms with E-state index in [1.807, 2.05) is 13.8 Å². The van der Waals surface area contributed by atoms with Gasteiger partial charge in [-0.05, 0) is 70.0 Å². The zero-order valence-corrected chi connectivity index (χ0v) is 51.5. The van der Waals surface area contributed by atoms with E-state index in [1.54, 1.807) is 13.2 Å². The van der Waals surface area contributed by atoms with Gasteiger partial charge in [-0.2, -0.15) is 11.8 Å². The smallest absolute Gasteiger partial charge is 0.303 e. The maximum atomic E-state index is 14.0. The number of carbonyl (C=O) groups is 17. The molecule has 1 rings (SSSR count). The van der Waals surface area contributed by atoms with E-state index in [0.717, 1.165) is 6.92 Å². The standard InChI is InChI=1S/C57H87N7O23S/c1-31(2)25-39(43(67)16-17-47(71)60-40(30-88-6)44(68)26-32(3)54(83)58-5)63-57(86)41-9-7-23-64(41)48(72)29-87-24-8-10-42(66)36(13-20-51(77)78)61-55(84)35(12-19-50(75)76)28-46(70)38(15-22-53(81)82)62-56(85)34(11-18-49(73)74)27-45(69)37(59-33(4)65)14-21-52(79)80/h31-32,34-41H,7-30H2,1-6H3,(H,58,83)(H,59,65)(H,60,71)(H,61,84)(H,62,85)(H,63,86)(H,73,74)(H,75,76)(H,77,78)(H,79,80)(H,81,82)/t32-,34+,35+,36-,37-,38-,39+,40+,41+/m1/s1. The van der Waals surface area contributed by atoms with Crippen LogP contribution in [0, 0.1) is 23.7 Å². The van der Waals surface area contributed by atoms with Gasteiger partial charge in [0.2, 0.25) is 41.4 Å². The van der Waals surface area contributed by atoms with Gasteiger partial charge in [0.1, 0.15) is 12.6 Å². The molecule has 11 N–H and O–H groups in total. The predicted molar refractivity (Wildman–Crippen MR) is 311 cm³/mol. The van der Waals surface area contributed by atoms with Crippen molar-refractivity contribution in [2.75, 3.05) is 38.8 Å². The van der Waals surface area contributed by atoms with Crippen molar-refractivity contribution in [1.82, 2.24) is 36.8 Å². The second-order valence-electron chi connectivity index (χ2n) is 22.1. The monoisotopic (exact) mass is 1270 g/mol. The molecular weight excluding hydrogens is 1180 g/mol. The van der Waals surface area contributed by atoms with Crippen LogP contribution in [0.4, 0.5) is 0 Å². The fourth-order valence-corrected chi connectivity index (χ4v) is 10.1. The summed E-state index contributed by atoms with van der Waals surface area (Å²) in [5.41, 5.74) is 0. The molecule has 9 atom stereocenters. The second-order valence-corrected chi connectivity index (χ2v) is 23.0. The normalized spacial score (nSPS) is 15.5. The molecular formula is C57H87N7O23S. The third kappa shape index (κ3) is 31.8. The Bertz CT molecular complexity index is 2510. The molecule has 0 aromatic carbocycles. The van der Waals surface area contributed by atoms with Crippen LogP contribution in [0.2, 0.25) is 0 Å². The van der Waals surface area contributed by atoms with Crippen molar-refractivity contribution in [3.63, 3.8) is 0 Å². The van der Waals surface area contributed by atoms with Crippen molar-refractivity contribution in [2.24, 2.45) is 23.7 Å². The number of hydrogen-bond acceptors (Lipinski definition) is 19. The van der Waals surface area contributed by atoms with Gasteiger partial charge < -0.3 is 67.1 Å². The summed E-state index contributed by atoms with van der Waals surface area (Å²) in [6, 6.07) is -7.58. The molecule has 0 spiro atoms. The average molecular weight is 1270 g/mol. The van der Waals surface area contributed by atoms with Gasteiger partial charge in [-0.1, -0.05) is 20.8 Å². The minimum absolute atomic E-state index is 0.0799. The number of aliphatic carboxylic acids is 5. The van der Waals surface area contributed by atoms with Crippen LogP contribution in [0.3, 0.4) is 0 Å². The molecule has 1 aliphatic rings. The Labute approximate surface area is 513 Å². The van der Waals surface area contributed by atoms with Crippen molar-refractivity contribution in [2.45, 2.75) is 192 Å². The van der Waals surface area contributed by atoms with Crippen LogP contribution in [0.25, 0.3) is 0 Å². The Kier molecular flexibility index (Phi) is 36.9. The van der Waals surface area contributed by atoms with Gasteiger partial charge in [-0.15, -0.1) is 0 Å². The molecule has 1 saturated heterocycles. The lowest BCUT2D eigenvalue weighted by molar-refractivity contribution is -0.142. The first-order valence-corrected chi connectivity index (χ1v) is 30.5. The first-order chi connectivity index (χ1) is 41.3. The van der Waals surface area contributed by atoms with E-state index in [-0.39, 0.29) is 81.5 Å². The van der Waals surface area contributed by atoms with Gasteiger partial charge in [0.05, 0.1) is 30.2 Å². The summed E-state index contributed by atoms with van der Waals surface area (Å²) in [4.78, 5) is 218. The van der Waals surface area contributed by atoms with Crippen LogP contribution in [-0.4, -0.2) is 206 Å².